The molecule has 0 unspecified atom stereocenters. The third-order valence-electron chi connectivity index (χ3n) is 3.13. The van der Waals surface area contributed by atoms with Gasteiger partial charge < -0.3 is 5.73 Å². The first-order chi connectivity index (χ1) is 7.36. The SMILES string of the molecule is Nc1ncnc2c(C3CCC3)ccnc12. The lowest BCUT2D eigenvalue weighted by atomic mass is 9.80. The van der Waals surface area contributed by atoms with Gasteiger partial charge in [0.2, 0.25) is 0 Å². The second-order valence-electron chi connectivity index (χ2n) is 3.98. The average molecular weight is 200 g/mol. The Kier molecular flexibility index (Phi) is 1.80. The predicted molar refractivity (Wildman–Crippen MR) is 58.3 cm³/mol. The minimum absolute atomic E-state index is 0.473. The Morgan fingerprint density at radius 2 is 2.00 bits per heavy atom. The van der Waals surface area contributed by atoms with E-state index in [1.54, 1.807) is 6.20 Å². The lowest BCUT2D eigenvalue weighted by molar-refractivity contribution is 0.421. The Bertz CT molecular complexity index is 505. The summed E-state index contributed by atoms with van der Waals surface area (Å²) in [7, 11) is 0. The molecule has 0 bridgehead atoms. The third kappa shape index (κ3) is 1.25. The van der Waals surface area contributed by atoms with E-state index in [4.69, 9.17) is 5.73 Å². The molecule has 3 rings (SSSR count). The van der Waals surface area contributed by atoms with E-state index < -0.39 is 0 Å². The number of nitrogens with zero attached hydrogens (tertiary/aromatic N) is 3. The van der Waals surface area contributed by atoms with E-state index in [1.165, 1.54) is 31.2 Å². The molecule has 0 saturated heterocycles. The molecule has 0 aromatic carbocycles. The van der Waals surface area contributed by atoms with Crippen LogP contribution in [-0.2, 0) is 0 Å². The lowest BCUT2D eigenvalue weighted by Gasteiger charge is -2.26. The van der Waals surface area contributed by atoms with Crippen molar-refractivity contribution in [3.05, 3.63) is 24.2 Å². The van der Waals surface area contributed by atoms with Crippen molar-refractivity contribution in [2.24, 2.45) is 0 Å². The average Bonchev–Trinajstić information content (AvgIpc) is 2.17. The summed E-state index contributed by atoms with van der Waals surface area (Å²) in [5, 5.41) is 0. The smallest absolute Gasteiger partial charge is 0.153 e. The molecule has 15 heavy (non-hydrogen) atoms. The quantitative estimate of drug-likeness (QED) is 0.763. The summed E-state index contributed by atoms with van der Waals surface area (Å²) in [6.45, 7) is 0. The van der Waals surface area contributed by atoms with Gasteiger partial charge in [-0.2, -0.15) is 0 Å². The van der Waals surface area contributed by atoms with E-state index in [9.17, 15) is 0 Å². The van der Waals surface area contributed by atoms with Gasteiger partial charge in [-0.25, -0.2) is 9.97 Å². The summed E-state index contributed by atoms with van der Waals surface area (Å²) in [4.78, 5) is 12.5. The van der Waals surface area contributed by atoms with E-state index in [0.717, 1.165) is 11.0 Å². The van der Waals surface area contributed by atoms with Crippen LogP contribution >= 0.6 is 0 Å². The van der Waals surface area contributed by atoms with Crippen molar-refractivity contribution in [3.63, 3.8) is 0 Å². The van der Waals surface area contributed by atoms with Crippen LogP contribution in [0.15, 0.2) is 18.6 Å². The number of nitrogen functional groups attached to an aromatic ring is 1. The monoisotopic (exact) mass is 200 g/mol. The highest BCUT2D eigenvalue weighted by atomic mass is 14.9. The number of fused-ring (bicyclic) bond motifs is 1. The Labute approximate surface area is 87.6 Å². The zero-order chi connectivity index (χ0) is 10.3. The molecule has 1 aliphatic carbocycles. The molecule has 0 aliphatic heterocycles. The van der Waals surface area contributed by atoms with Gasteiger partial charge in [-0.05, 0) is 30.4 Å². The zero-order valence-corrected chi connectivity index (χ0v) is 8.35. The number of pyridine rings is 1. The normalized spacial score (nSPS) is 16.5. The Morgan fingerprint density at radius 1 is 1.13 bits per heavy atom. The fourth-order valence-electron chi connectivity index (χ4n) is 2.05. The molecule has 1 fully saturated rings. The van der Waals surface area contributed by atoms with Gasteiger partial charge in [-0.15, -0.1) is 0 Å². The van der Waals surface area contributed by atoms with Crippen LogP contribution in [0.2, 0.25) is 0 Å². The van der Waals surface area contributed by atoms with Crippen molar-refractivity contribution in [2.75, 3.05) is 5.73 Å². The number of hydrogen-bond donors (Lipinski definition) is 1. The highest BCUT2D eigenvalue weighted by Crippen LogP contribution is 2.38. The summed E-state index contributed by atoms with van der Waals surface area (Å²) in [5.41, 5.74) is 8.71. The first-order valence-electron chi connectivity index (χ1n) is 5.21. The van der Waals surface area contributed by atoms with Crippen LogP contribution in [0.25, 0.3) is 11.0 Å². The molecular formula is C11H12N4. The zero-order valence-electron chi connectivity index (χ0n) is 8.35. The maximum atomic E-state index is 5.77. The van der Waals surface area contributed by atoms with Crippen molar-refractivity contribution in [2.45, 2.75) is 25.2 Å². The van der Waals surface area contributed by atoms with Crippen LogP contribution in [0.4, 0.5) is 5.82 Å². The number of nitrogens with two attached hydrogens (primary N) is 1. The van der Waals surface area contributed by atoms with Gasteiger partial charge in [0.1, 0.15) is 11.8 Å². The van der Waals surface area contributed by atoms with Crippen LogP contribution in [0.5, 0.6) is 0 Å². The predicted octanol–water partition coefficient (Wildman–Crippen LogP) is 1.87. The summed E-state index contributed by atoms with van der Waals surface area (Å²) >= 11 is 0. The maximum Gasteiger partial charge on any atom is 0.153 e. The highest BCUT2D eigenvalue weighted by Gasteiger charge is 2.22. The van der Waals surface area contributed by atoms with E-state index in [0.29, 0.717) is 11.7 Å². The summed E-state index contributed by atoms with van der Waals surface area (Å²) < 4.78 is 0. The second kappa shape index (κ2) is 3.15. The van der Waals surface area contributed by atoms with Crippen LogP contribution < -0.4 is 5.73 Å². The number of rotatable bonds is 1. The van der Waals surface area contributed by atoms with Crippen molar-refractivity contribution >= 4 is 16.9 Å². The van der Waals surface area contributed by atoms with Gasteiger partial charge in [-0.1, -0.05) is 6.42 Å². The Morgan fingerprint density at radius 3 is 2.73 bits per heavy atom. The molecule has 2 aromatic heterocycles. The van der Waals surface area contributed by atoms with Gasteiger partial charge in [0.15, 0.2) is 5.82 Å². The van der Waals surface area contributed by atoms with Gasteiger partial charge in [0.05, 0.1) is 5.52 Å². The molecule has 0 amide bonds. The Balaban J connectivity index is 2.25. The largest absolute Gasteiger partial charge is 0.382 e. The topological polar surface area (TPSA) is 64.7 Å². The third-order valence-corrected chi connectivity index (χ3v) is 3.13. The minimum Gasteiger partial charge on any atom is -0.382 e. The lowest BCUT2D eigenvalue weighted by Crippen LogP contribution is -2.10. The number of anilines is 1. The van der Waals surface area contributed by atoms with Gasteiger partial charge in [0.25, 0.3) is 0 Å². The van der Waals surface area contributed by atoms with E-state index >= 15 is 0 Å². The molecule has 1 aliphatic rings. The van der Waals surface area contributed by atoms with Crippen LogP contribution in [-0.4, -0.2) is 15.0 Å². The van der Waals surface area contributed by atoms with Crippen molar-refractivity contribution in [1.29, 1.82) is 0 Å². The van der Waals surface area contributed by atoms with Crippen LogP contribution in [0.1, 0.15) is 30.7 Å². The van der Waals surface area contributed by atoms with Gasteiger partial charge >= 0.3 is 0 Å². The number of aromatic nitrogens is 3. The first-order valence-corrected chi connectivity index (χ1v) is 5.21. The molecule has 4 nitrogen and oxygen atoms in total. The molecule has 4 heteroatoms. The molecule has 0 atom stereocenters. The minimum atomic E-state index is 0.473. The molecule has 1 saturated carbocycles. The molecule has 0 spiro atoms. The molecule has 0 radical (unpaired) electrons. The van der Waals surface area contributed by atoms with E-state index in [1.807, 2.05) is 0 Å². The van der Waals surface area contributed by atoms with Crippen molar-refractivity contribution < 1.29 is 0 Å². The Hall–Kier alpha value is -1.71. The fourth-order valence-corrected chi connectivity index (χ4v) is 2.05. The molecule has 2 N–H and O–H groups in total. The molecule has 2 aromatic rings. The maximum absolute atomic E-state index is 5.77. The summed E-state index contributed by atoms with van der Waals surface area (Å²) in [5.74, 6) is 1.12. The fraction of sp³-hybridized carbons (Fsp3) is 0.364. The summed E-state index contributed by atoms with van der Waals surface area (Å²) in [6, 6.07) is 2.05. The molecular weight excluding hydrogens is 188 g/mol. The van der Waals surface area contributed by atoms with Crippen LogP contribution in [0.3, 0.4) is 0 Å². The molecule has 2 heterocycles. The highest BCUT2D eigenvalue weighted by molar-refractivity contribution is 5.86. The van der Waals surface area contributed by atoms with Crippen molar-refractivity contribution in [1.82, 2.24) is 15.0 Å². The van der Waals surface area contributed by atoms with E-state index in [2.05, 4.69) is 21.0 Å². The van der Waals surface area contributed by atoms with Crippen molar-refractivity contribution in [3.8, 4) is 0 Å². The summed E-state index contributed by atoms with van der Waals surface area (Å²) in [6.07, 6.45) is 7.14. The van der Waals surface area contributed by atoms with Gasteiger partial charge in [-0.3, -0.25) is 4.98 Å². The van der Waals surface area contributed by atoms with Crippen LogP contribution in [0, 0.1) is 0 Å². The second-order valence-corrected chi connectivity index (χ2v) is 3.98. The van der Waals surface area contributed by atoms with E-state index in [-0.39, 0.29) is 0 Å². The standard InChI is InChI=1S/C11H12N4/c12-11-10-9(14-6-15-11)8(4-5-13-10)7-2-1-3-7/h4-7H,1-3H2,(H2,12,14,15). The number of hydrogen-bond acceptors (Lipinski definition) is 4. The first kappa shape index (κ1) is 8.59. The molecule has 76 valence electrons. The van der Waals surface area contributed by atoms with Gasteiger partial charge in [0, 0.05) is 6.20 Å².